The Hall–Kier alpha value is -1.71. The molecule has 0 N–H and O–H groups in total. The van der Waals surface area contributed by atoms with Crippen LogP contribution < -0.4 is 4.90 Å². The van der Waals surface area contributed by atoms with Crippen LogP contribution in [0.25, 0.3) is 10.4 Å². The highest BCUT2D eigenvalue weighted by atomic mass is 15.3. The molecule has 0 aromatic heterocycles. The number of aryl methyl sites for hydroxylation is 1. The average Bonchev–Trinajstić information content (AvgIpc) is 2.49. The largest absolute Gasteiger partial charge is 0.369 e. The van der Waals surface area contributed by atoms with Crippen LogP contribution in [0.4, 0.5) is 5.69 Å². The van der Waals surface area contributed by atoms with E-state index in [1.165, 1.54) is 16.8 Å². The van der Waals surface area contributed by atoms with Crippen LogP contribution >= 0.6 is 0 Å². The topological polar surface area (TPSA) is 55.2 Å². The smallest absolute Gasteiger partial charge is 0.0399 e. The average molecular weight is 287 g/mol. The first-order chi connectivity index (χ1) is 10.1. The molecule has 0 radical (unpaired) electrons. The predicted molar refractivity (Wildman–Crippen MR) is 87.8 cm³/mol. The molecule has 21 heavy (non-hydrogen) atoms. The second-order valence-corrected chi connectivity index (χ2v) is 5.89. The maximum absolute atomic E-state index is 8.42. The SMILES string of the molecule is Cc1cccc(N2CCN(CCC(C)N=[N+]=[N-])CC2)c1C. The number of anilines is 1. The molecule has 1 aromatic rings. The Bertz CT molecular complexity index is 513. The third kappa shape index (κ3) is 4.13. The first-order valence-electron chi connectivity index (χ1n) is 7.69. The number of hydrogen-bond donors (Lipinski definition) is 0. The lowest BCUT2D eigenvalue weighted by Crippen LogP contribution is -2.47. The summed E-state index contributed by atoms with van der Waals surface area (Å²) in [5, 5.41) is 3.74. The molecule has 1 aromatic carbocycles. The van der Waals surface area contributed by atoms with Gasteiger partial charge in [-0.1, -0.05) is 24.2 Å². The first kappa shape index (κ1) is 15.7. The summed E-state index contributed by atoms with van der Waals surface area (Å²) in [7, 11) is 0. The van der Waals surface area contributed by atoms with Crippen LogP contribution in [0.3, 0.4) is 0 Å². The zero-order valence-electron chi connectivity index (χ0n) is 13.3. The number of piperazine rings is 1. The lowest BCUT2D eigenvalue weighted by molar-refractivity contribution is 0.250. The molecule has 1 unspecified atom stereocenters. The van der Waals surface area contributed by atoms with E-state index in [2.05, 4.69) is 51.9 Å². The van der Waals surface area contributed by atoms with E-state index in [1.807, 2.05) is 6.92 Å². The molecule has 1 heterocycles. The third-order valence-corrected chi connectivity index (χ3v) is 4.40. The van der Waals surface area contributed by atoms with E-state index in [-0.39, 0.29) is 6.04 Å². The maximum atomic E-state index is 8.42. The van der Waals surface area contributed by atoms with Crippen molar-refractivity contribution in [2.45, 2.75) is 33.2 Å². The number of azide groups is 1. The zero-order chi connectivity index (χ0) is 15.2. The van der Waals surface area contributed by atoms with E-state index in [4.69, 9.17) is 5.53 Å². The van der Waals surface area contributed by atoms with Gasteiger partial charge in [-0.2, -0.15) is 0 Å². The molecule has 0 amide bonds. The molecule has 1 saturated heterocycles. The first-order valence-corrected chi connectivity index (χ1v) is 7.69. The van der Waals surface area contributed by atoms with Gasteiger partial charge in [0.2, 0.25) is 0 Å². The molecule has 0 saturated carbocycles. The van der Waals surface area contributed by atoms with Gasteiger partial charge < -0.3 is 4.90 Å². The minimum absolute atomic E-state index is 0.0899. The van der Waals surface area contributed by atoms with Crippen molar-refractivity contribution in [3.63, 3.8) is 0 Å². The van der Waals surface area contributed by atoms with Gasteiger partial charge in [0, 0.05) is 42.8 Å². The molecule has 5 nitrogen and oxygen atoms in total. The highest BCUT2D eigenvalue weighted by Crippen LogP contribution is 2.23. The van der Waals surface area contributed by atoms with Gasteiger partial charge in [0.25, 0.3) is 0 Å². The van der Waals surface area contributed by atoms with Crippen molar-refractivity contribution < 1.29 is 0 Å². The van der Waals surface area contributed by atoms with E-state index in [9.17, 15) is 0 Å². The Morgan fingerprint density at radius 1 is 1.24 bits per heavy atom. The fourth-order valence-corrected chi connectivity index (χ4v) is 2.81. The number of benzene rings is 1. The third-order valence-electron chi connectivity index (χ3n) is 4.40. The summed E-state index contributed by atoms with van der Waals surface area (Å²) >= 11 is 0. The summed E-state index contributed by atoms with van der Waals surface area (Å²) < 4.78 is 0. The molecule has 1 atom stereocenters. The molecule has 1 aliphatic heterocycles. The van der Waals surface area contributed by atoms with E-state index < -0.39 is 0 Å². The Kier molecular flexibility index (Phi) is 5.48. The van der Waals surface area contributed by atoms with Gasteiger partial charge in [-0.25, -0.2) is 0 Å². The van der Waals surface area contributed by atoms with Crippen LogP contribution in [0, 0.1) is 13.8 Å². The normalized spacial score (nSPS) is 17.4. The van der Waals surface area contributed by atoms with Gasteiger partial charge in [0.1, 0.15) is 0 Å². The predicted octanol–water partition coefficient (Wildman–Crippen LogP) is 3.51. The standard InChI is InChI=1S/C16H25N5/c1-13-5-4-6-16(15(13)3)21-11-9-20(10-12-21)8-7-14(2)18-19-17/h4-6,14H,7-12H2,1-3H3. The molecule has 1 aliphatic rings. The van der Waals surface area contributed by atoms with Gasteiger partial charge in [-0.3, -0.25) is 4.90 Å². The van der Waals surface area contributed by atoms with Crippen molar-refractivity contribution >= 4 is 5.69 Å². The zero-order valence-corrected chi connectivity index (χ0v) is 13.3. The molecular formula is C16H25N5. The van der Waals surface area contributed by atoms with Gasteiger partial charge in [-0.15, -0.1) is 0 Å². The Balaban J connectivity index is 1.86. The van der Waals surface area contributed by atoms with Crippen LogP contribution in [-0.2, 0) is 0 Å². The molecule has 0 aliphatic carbocycles. The lowest BCUT2D eigenvalue weighted by atomic mass is 10.1. The summed E-state index contributed by atoms with van der Waals surface area (Å²) in [6, 6.07) is 6.63. The molecule has 5 heteroatoms. The quantitative estimate of drug-likeness (QED) is 0.472. The molecule has 1 fully saturated rings. The van der Waals surface area contributed by atoms with E-state index >= 15 is 0 Å². The van der Waals surface area contributed by atoms with Crippen molar-refractivity contribution in [1.29, 1.82) is 0 Å². The van der Waals surface area contributed by atoms with Gasteiger partial charge in [-0.05, 0) is 49.5 Å². The summed E-state index contributed by atoms with van der Waals surface area (Å²) in [6.07, 6.45) is 0.938. The molecule has 2 rings (SSSR count). The van der Waals surface area contributed by atoms with Crippen molar-refractivity contribution in [3.8, 4) is 0 Å². The fraction of sp³-hybridized carbons (Fsp3) is 0.625. The second-order valence-electron chi connectivity index (χ2n) is 5.89. The van der Waals surface area contributed by atoms with Gasteiger partial charge in [0.15, 0.2) is 0 Å². The minimum Gasteiger partial charge on any atom is -0.369 e. The van der Waals surface area contributed by atoms with Crippen LogP contribution in [0.1, 0.15) is 24.5 Å². The Morgan fingerprint density at radius 3 is 2.62 bits per heavy atom. The van der Waals surface area contributed by atoms with Crippen molar-refractivity contribution in [2.75, 3.05) is 37.6 Å². The van der Waals surface area contributed by atoms with Gasteiger partial charge in [0.05, 0.1) is 0 Å². The van der Waals surface area contributed by atoms with Crippen LogP contribution in [-0.4, -0.2) is 43.7 Å². The summed E-state index contributed by atoms with van der Waals surface area (Å²) in [5.41, 5.74) is 12.5. The van der Waals surface area contributed by atoms with E-state index in [0.717, 1.165) is 39.1 Å². The molecule has 0 bridgehead atoms. The highest BCUT2D eigenvalue weighted by molar-refractivity contribution is 5.56. The van der Waals surface area contributed by atoms with E-state index in [0.29, 0.717) is 0 Å². The fourth-order valence-electron chi connectivity index (χ4n) is 2.81. The van der Waals surface area contributed by atoms with Crippen molar-refractivity contribution in [1.82, 2.24) is 4.90 Å². The highest BCUT2D eigenvalue weighted by Gasteiger charge is 2.18. The Labute approximate surface area is 127 Å². The number of rotatable bonds is 5. The Morgan fingerprint density at radius 2 is 1.95 bits per heavy atom. The molecule has 114 valence electrons. The van der Waals surface area contributed by atoms with Gasteiger partial charge >= 0.3 is 0 Å². The van der Waals surface area contributed by atoms with Crippen LogP contribution in [0.15, 0.2) is 23.3 Å². The van der Waals surface area contributed by atoms with Crippen LogP contribution in [0.2, 0.25) is 0 Å². The lowest BCUT2D eigenvalue weighted by Gasteiger charge is -2.37. The summed E-state index contributed by atoms with van der Waals surface area (Å²) in [4.78, 5) is 7.81. The van der Waals surface area contributed by atoms with Crippen LogP contribution in [0.5, 0.6) is 0 Å². The molecule has 0 spiro atoms. The summed E-state index contributed by atoms with van der Waals surface area (Å²) in [5.74, 6) is 0. The second kappa shape index (κ2) is 7.34. The van der Waals surface area contributed by atoms with Crippen molar-refractivity contribution in [3.05, 3.63) is 39.8 Å². The summed E-state index contributed by atoms with van der Waals surface area (Å²) in [6.45, 7) is 11.7. The minimum atomic E-state index is 0.0899. The monoisotopic (exact) mass is 287 g/mol. The van der Waals surface area contributed by atoms with E-state index in [1.54, 1.807) is 0 Å². The van der Waals surface area contributed by atoms with Crippen molar-refractivity contribution in [2.24, 2.45) is 5.11 Å². The number of hydrogen-bond acceptors (Lipinski definition) is 3. The maximum Gasteiger partial charge on any atom is 0.0399 e. The number of nitrogens with zero attached hydrogens (tertiary/aromatic N) is 5. The molecular weight excluding hydrogens is 262 g/mol.